The van der Waals surface area contributed by atoms with E-state index in [4.69, 9.17) is 0 Å². The molecular formula is C30H37F. The highest BCUT2D eigenvalue weighted by Gasteiger charge is 2.13. The number of rotatable bonds is 9. The maximum absolute atomic E-state index is 14.6. The molecule has 1 heteroatoms. The van der Waals surface area contributed by atoms with Crippen LogP contribution < -0.4 is 0 Å². The molecular weight excluding hydrogens is 379 g/mol. The number of hydrogen-bond acceptors (Lipinski definition) is 0. The Morgan fingerprint density at radius 3 is 2.35 bits per heavy atom. The molecule has 3 rings (SSSR count). The molecule has 0 radical (unpaired) electrons. The van der Waals surface area contributed by atoms with Crippen LogP contribution in [0.4, 0.5) is 4.39 Å². The first-order valence-electron chi connectivity index (χ1n) is 12.3. The number of unbranched alkanes of at least 4 members (excludes halogenated alkanes) is 4. The molecule has 0 aliphatic heterocycles. The van der Waals surface area contributed by atoms with Crippen LogP contribution in [-0.2, 0) is 6.42 Å². The maximum Gasteiger partial charge on any atom is 0.131 e. The molecule has 1 atom stereocenters. The lowest BCUT2D eigenvalue weighted by Crippen LogP contribution is -2.05. The van der Waals surface area contributed by atoms with Crippen molar-refractivity contribution < 1.29 is 4.39 Å². The van der Waals surface area contributed by atoms with Crippen molar-refractivity contribution >= 4 is 0 Å². The first-order valence-corrected chi connectivity index (χ1v) is 12.3. The summed E-state index contributed by atoms with van der Waals surface area (Å²) in [5.41, 5.74) is 4.94. The van der Waals surface area contributed by atoms with Gasteiger partial charge < -0.3 is 0 Å². The molecule has 0 bridgehead atoms. The van der Waals surface area contributed by atoms with E-state index in [1.54, 1.807) is 6.07 Å². The van der Waals surface area contributed by atoms with Crippen LogP contribution in [0.25, 0.3) is 11.1 Å². The zero-order chi connectivity index (χ0) is 21.9. The fourth-order valence-corrected chi connectivity index (χ4v) is 4.36. The summed E-state index contributed by atoms with van der Waals surface area (Å²) in [6.45, 7) is 4.46. The van der Waals surface area contributed by atoms with Gasteiger partial charge in [-0.3, -0.25) is 0 Å². The van der Waals surface area contributed by atoms with Gasteiger partial charge >= 0.3 is 0 Å². The highest BCUT2D eigenvalue weighted by molar-refractivity contribution is 5.65. The van der Waals surface area contributed by atoms with E-state index in [9.17, 15) is 4.39 Å². The summed E-state index contributed by atoms with van der Waals surface area (Å²) in [4.78, 5) is 0. The Hall–Kier alpha value is -2.33. The molecule has 0 fully saturated rings. The fraction of sp³-hybridized carbons (Fsp3) is 0.467. The molecule has 2 aromatic rings. The average molecular weight is 417 g/mol. The van der Waals surface area contributed by atoms with Crippen molar-refractivity contribution in [2.75, 3.05) is 0 Å². The normalized spacial score (nSPS) is 15.8. The van der Waals surface area contributed by atoms with E-state index >= 15 is 0 Å². The minimum atomic E-state index is -0.131. The summed E-state index contributed by atoms with van der Waals surface area (Å²) in [7, 11) is 0. The molecule has 1 unspecified atom stereocenters. The van der Waals surface area contributed by atoms with Gasteiger partial charge in [0.25, 0.3) is 0 Å². The lowest BCUT2D eigenvalue weighted by atomic mass is 9.86. The van der Waals surface area contributed by atoms with Crippen LogP contribution in [0.2, 0.25) is 0 Å². The zero-order valence-corrected chi connectivity index (χ0v) is 19.4. The van der Waals surface area contributed by atoms with Gasteiger partial charge in [0.05, 0.1) is 0 Å². The summed E-state index contributed by atoms with van der Waals surface area (Å²) in [6.07, 6.45) is 15.8. The maximum atomic E-state index is 14.6. The largest absolute Gasteiger partial charge is 0.206 e. The van der Waals surface area contributed by atoms with Crippen LogP contribution in [0.15, 0.2) is 54.1 Å². The van der Waals surface area contributed by atoms with Crippen LogP contribution in [0.5, 0.6) is 0 Å². The van der Waals surface area contributed by atoms with Crippen LogP contribution in [0, 0.1) is 23.6 Å². The minimum absolute atomic E-state index is 0.131. The average Bonchev–Trinajstić information content (AvgIpc) is 2.79. The monoisotopic (exact) mass is 416 g/mol. The Morgan fingerprint density at radius 2 is 1.68 bits per heavy atom. The Morgan fingerprint density at radius 1 is 0.903 bits per heavy atom. The molecule has 0 amide bonds. The smallest absolute Gasteiger partial charge is 0.131 e. The highest BCUT2D eigenvalue weighted by atomic mass is 19.1. The van der Waals surface area contributed by atoms with Crippen LogP contribution >= 0.6 is 0 Å². The number of allylic oxidation sites excluding steroid dienone is 2. The summed E-state index contributed by atoms with van der Waals surface area (Å²) < 4.78 is 14.6. The quantitative estimate of drug-likeness (QED) is 0.283. The van der Waals surface area contributed by atoms with E-state index in [0.717, 1.165) is 41.9 Å². The van der Waals surface area contributed by atoms with Gasteiger partial charge in [0.2, 0.25) is 0 Å². The molecule has 1 aliphatic carbocycles. The van der Waals surface area contributed by atoms with Gasteiger partial charge in [-0.2, -0.15) is 0 Å². The van der Waals surface area contributed by atoms with Gasteiger partial charge in [-0.25, -0.2) is 4.39 Å². The summed E-state index contributed by atoms with van der Waals surface area (Å²) >= 11 is 0. The molecule has 0 aromatic heterocycles. The first-order chi connectivity index (χ1) is 15.2. The van der Waals surface area contributed by atoms with Crippen molar-refractivity contribution in [3.63, 3.8) is 0 Å². The molecule has 0 spiro atoms. The van der Waals surface area contributed by atoms with E-state index < -0.39 is 0 Å². The molecule has 164 valence electrons. The second-order valence-electron chi connectivity index (χ2n) is 8.96. The molecule has 31 heavy (non-hydrogen) atoms. The molecule has 1 aliphatic rings. The number of hydrogen-bond donors (Lipinski definition) is 0. The van der Waals surface area contributed by atoms with Gasteiger partial charge in [-0.15, -0.1) is 0 Å². The summed E-state index contributed by atoms with van der Waals surface area (Å²) in [5, 5.41) is 0. The summed E-state index contributed by atoms with van der Waals surface area (Å²) in [6, 6.07) is 13.7. The van der Waals surface area contributed by atoms with Gasteiger partial charge in [-0.05, 0) is 72.9 Å². The Labute approximate surface area is 189 Å². The van der Waals surface area contributed by atoms with Gasteiger partial charge in [0.15, 0.2) is 0 Å². The van der Waals surface area contributed by atoms with Gasteiger partial charge in [-0.1, -0.05) is 94.6 Å². The molecule has 0 saturated heterocycles. The first kappa shape index (κ1) is 23.3. The number of halogens is 1. The zero-order valence-electron chi connectivity index (χ0n) is 19.4. The Bertz CT molecular complexity index is 908. The van der Waals surface area contributed by atoms with E-state index in [1.165, 1.54) is 56.9 Å². The fourth-order valence-electron chi connectivity index (χ4n) is 4.36. The second-order valence-corrected chi connectivity index (χ2v) is 8.96. The molecule has 0 N–H and O–H groups in total. The molecule has 0 heterocycles. The van der Waals surface area contributed by atoms with Crippen LogP contribution in [-0.4, -0.2) is 0 Å². The van der Waals surface area contributed by atoms with Crippen molar-refractivity contribution in [3.05, 3.63) is 71.1 Å². The van der Waals surface area contributed by atoms with Crippen molar-refractivity contribution in [1.82, 2.24) is 0 Å². The predicted molar refractivity (Wildman–Crippen MR) is 132 cm³/mol. The minimum Gasteiger partial charge on any atom is -0.206 e. The third kappa shape index (κ3) is 7.39. The molecule has 2 aromatic carbocycles. The second kappa shape index (κ2) is 12.5. The highest BCUT2D eigenvalue weighted by Crippen LogP contribution is 2.28. The number of benzene rings is 2. The Kier molecular flexibility index (Phi) is 9.41. The number of aryl methyl sites for hydroxylation is 1. The topological polar surface area (TPSA) is 0 Å². The van der Waals surface area contributed by atoms with Crippen molar-refractivity contribution in [1.29, 1.82) is 0 Å². The third-order valence-corrected chi connectivity index (χ3v) is 6.40. The van der Waals surface area contributed by atoms with E-state index in [-0.39, 0.29) is 5.82 Å². The third-order valence-electron chi connectivity index (χ3n) is 6.40. The lowest BCUT2D eigenvalue weighted by molar-refractivity contribution is 0.420. The van der Waals surface area contributed by atoms with Crippen LogP contribution in [0.1, 0.15) is 89.2 Å². The van der Waals surface area contributed by atoms with Gasteiger partial charge in [0.1, 0.15) is 5.82 Å². The standard InChI is InChI=1S/C30H37F/c1-3-5-7-9-24-11-13-25(14-12-24)15-16-26-17-20-28(21-18-26)29-22-19-27(23-30(29)31)10-8-6-4-2/h13,17-24H,3-12,14H2,1-2H3. The lowest BCUT2D eigenvalue weighted by Gasteiger charge is -2.19. The molecule has 0 saturated carbocycles. The van der Waals surface area contributed by atoms with E-state index in [2.05, 4.69) is 37.8 Å². The van der Waals surface area contributed by atoms with Crippen LogP contribution in [0.3, 0.4) is 0 Å². The van der Waals surface area contributed by atoms with E-state index in [0.29, 0.717) is 5.56 Å². The summed E-state index contributed by atoms with van der Waals surface area (Å²) in [5.74, 6) is 7.39. The van der Waals surface area contributed by atoms with E-state index in [1.807, 2.05) is 30.3 Å². The van der Waals surface area contributed by atoms with Crippen molar-refractivity contribution in [3.8, 4) is 23.0 Å². The predicted octanol–water partition coefficient (Wildman–Crippen LogP) is 8.88. The molecule has 0 nitrogen and oxygen atoms in total. The van der Waals surface area contributed by atoms with Crippen molar-refractivity contribution in [2.45, 2.75) is 84.5 Å². The Balaban J connectivity index is 1.58. The van der Waals surface area contributed by atoms with Gasteiger partial charge in [0, 0.05) is 11.1 Å². The van der Waals surface area contributed by atoms with Crippen molar-refractivity contribution in [2.24, 2.45) is 5.92 Å². The SMILES string of the molecule is CCCCCc1ccc(-c2ccc(C#CC3=CCC(CCCCC)CC3)cc2)c(F)c1.